The van der Waals surface area contributed by atoms with Crippen LogP contribution in [0.3, 0.4) is 0 Å². The van der Waals surface area contributed by atoms with Gasteiger partial charge in [0.25, 0.3) is 0 Å². The predicted octanol–water partition coefficient (Wildman–Crippen LogP) is -0.700. The van der Waals surface area contributed by atoms with Gasteiger partial charge in [-0.25, -0.2) is 9.59 Å². The molecule has 9 heteroatoms. The third-order valence-corrected chi connectivity index (χ3v) is 2.58. The number of esters is 1. The summed E-state index contributed by atoms with van der Waals surface area (Å²) in [6.45, 7) is 2.01. The fourth-order valence-corrected chi connectivity index (χ4v) is 1.40. The molecule has 3 amide bonds. The largest absolute Gasteiger partial charge is 0.480 e. The van der Waals surface area contributed by atoms with Crippen LogP contribution in [0.25, 0.3) is 0 Å². The van der Waals surface area contributed by atoms with Crippen LogP contribution in [0, 0.1) is 0 Å². The van der Waals surface area contributed by atoms with Crippen LogP contribution in [0.5, 0.6) is 0 Å². The summed E-state index contributed by atoms with van der Waals surface area (Å²) in [6, 6.07) is -1.87. The molecule has 1 atom stereocenters. The summed E-state index contributed by atoms with van der Waals surface area (Å²) in [7, 11) is 1.42. The zero-order chi connectivity index (χ0) is 16.4. The number of carboxylic acids is 1. The van der Waals surface area contributed by atoms with E-state index < -0.39 is 29.9 Å². The van der Waals surface area contributed by atoms with Gasteiger partial charge in [-0.2, -0.15) is 0 Å². The van der Waals surface area contributed by atoms with E-state index in [1.165, 1.54) is 7.05 Å². The van der Waals surface area contributed by atoms with Gasteiger partial charge in [0, 0.05) is 20.0 Å². The molecule has 9 nitrogen and oxygen atoms in total. The molecule has 0 aromatic rings. The van der Waals surface area contributed by atoms with Crippen molar-refractivity contribution in [1.82, 2.24) is 10.2 Å². The van der Waals surface area contributed by atoms with Crippen molar-refractivity contribution in [3.05, 3.63) is 0 Å². The van der Waals surface area contributed by atoms with Crippen LogP contribution >= 0.6 is 0 Å². The molecular weight excluding hydrogens is 282 g/mol. The van der Waals surface area contributed by atoms with Crippen LogP contribution in [-0.2, 0) is 19.1 Å². The Morgan fingerprint density at radius 3 is 2.38 bits per heavy atom. The maximum atomic E-state index is 11.8. The second-order valence-corrected chi connectivity index (χ2v) is 4.32. The first-order chi connectivity index (χ1) is 9.77. The van der Waals surface area contributed by atoms with Crippen LogP contribution in [0.2, 0.25) is 0 Å². The van der Waals surface area contributed by atoms with Crippen LogP contribution in [0.1, 0.15) is 26.2 Å². The van der Waals surface area contributed by atoms with E-state index in [0.717, 1.165) is 4.90 Å². The number of rotatable bonds is 9. The first-order valence-corrected chi connectivity index (χ1v) is 6.46. The summed E-state index contributed by atoms with van der Waals surface area (Å²) in [6.07, 6.45) is -0.233. The Kier molecular flexibility index (Phi) is 8.51. The molecular formula is C12H21N3O6. The van der Waals surface area contributed by atoms with Crippen molar-refractivity contribution in [2.75, 3.05) is 20.2 Å². The van der Waals surface area contributed by atoms with Gasteiger partial charge in [-0.15, -0.1) is 0 Å². The molecule has 0 spiro atoms. The summed E-state index contributed by atoms with van der Waals surface area (Å²) >= 11 is 0. The monoisotopic (exact) mass is 303 g/mol. The smallest absolute Gasteiger partial charge is 0.326 e. The topological polar surface area (TPSA) is 139 Å². The van der Waals surface area contributed by atoms with E-state index in [9.17, 15) is 19.2 Å². The number of nitrogens with one attached hydrogen (secondary N) is 1. The summed E-state index contributed by atoms with van der Waals surface area (Å²) in [5.41, 5.74) is 4.93. The number of carbonyl (C=O) groups is 4. The van der Waals surface area contributed by atoms with E-state index in [1.54, 1.807) is 6.92 Å². The van der Waals surface area contributed by atoms with E-state index in [4.69, 9.17) is 15.6 Å². The number of amides is 3. The van der Waals surface area contributed by atoms with Crippen molar-refractivity contribution < 1.29 is 29.0 Å². The highest BCUT2D eigenvalue weighted by molar-refractivity contribution is 5.83. The van der Waals surface area contributed by atoms with Crippen LogP contribution in [-0.4, -0.2) is 60.1 Å². The molecule has 4 N–H and O–H groups in total. The van der Waals surface area contributed by atoms with Crippen LogP contribution in [0.15, 0.2) is 0 Å². The molecule has 0 bridgehead atoms. The number of aliphatic carboxylic acids is 1. The molecule has 0 fully saturated rings. The number of urea groups is 1. The summed E-state index contributed by atoms with van der Waals surface area (Å²) in [4.78, 5) is 45.7. The fourth-order valence-electron chi connectivity index (χ4n) is 1.40. The van der Waals surface area contributed by atoms with Gasteiger partial charge < -0.3 is 25.8 Å². The highest BCUT2D eigenvalue weighted by atomic mass is 16.5. The average molecular weight is 303 g/mol. The minimum absolute atomic E-state index is 0.0107. The predicted molar refractivity (Wildman–Crippen MR) is 72.3 cm³/mol. The number of hydrogen-bond donors (Lipinski definition) is 3. The Hall–Kier alpha value is -2.32. The highest BCUT2D eigenvalue weighted by Crippen LogP contribution is 2.00. The van der Waals surface area contributed by atoms with Gasteiger partial charge in [0.1, 0.15) is 6.04 Å². The van der Waals surface area contributed by atoms with Gasteiger partial charge in [0.2, 0.25) is 5.91 Å². The first-order valence-electron chi connectivity index (χ1n) is 6.46. The summed E-state index contributed by atoms with van der Waals surface area (Å²) < 4.78 is 4.71. The number of nitrogens with two attached hydrogens (primary N) is 1. The molecule has 120 valence electrons. The minimum atomic E-state index is -1.26. The second-order valence-electron chi connectivity index (χ2n) is 4.32. The Morgan fingerprint density at radius 1 is 1.29 bits per heavy atom. The van der Waals surface area contributed by atoms with E-state index in [0.29, 0.717) is 0 Å². The lowest BCUT2D eigenvalue weighted by Gasteiger charge is -2.20. The average Bonchev–Trinajstić information content (AvgIpc) is 2.40. The standard InChI is InChI=1S/C12H21N3O6/c1-3-21-10(17)6-7-15(2)12(20)14-8(11(18)19)4-5-9(13)16/h8H,3-7H2,1-2H3,(H2,13,16)(H,14,20)(H,18,19)/t8-/m0/s1. The zero-order valence-corrected chi connectivity index (χ0v) is 12.1. The number of carbonyl (C=O) groups excluding carboxylic acids is 3. The Morgan fingerprint density at radius 2 is 1.90 bits per heavy atom. The number of primary amides is 1. The van der Waals surface area contributed by atoms with Crippen molar-refractivity contribution in [1.29, 1.82) is 0 Å². The Bertz CT molecular complexity index is 398. The third-order valence-electron chi connectivity index (χ3n) is 2.58. The maximum absolute atomic E-state index is 11.8. The number of carboxylic acid groups (broad SMARTS) is 1. The lowest BCUT2D eigenvalue weighted by molar-refractivity contribution is -0.143. The molecule has 0 aliphatic carbocycles. The molecule has 0 saturated carbocycles. The molecule has 0 aromatic carbocycles. The van der Waals surface area contributed by atoms with E-state index in [2.05, 4.69) is 5.32 Å². The lowest BCUT2D eigenvalue weighted by atomic mass is 10.1. The second kappa shape index (κ2) is 9.56. The van der Waals surface area contributed by atoms with Gasteiger partial charge in [0.05, 0.1) is 13.0 Å². The molecule has 21 heavy (non-hydrogen) atoms. The van der Waals surface area contributed by atoms with Crippen molar-refractivity contribution in [3.63, 3.8) is 0 Å². The van der Waals surface area contributed by atoms with Gasteiger partial charge >= 0.3 is 18.0 Å². The van der Waals surface area contributed by atoms with Crippen molar-refractivity contribution in [2.24, 2.45) is 5.73 Å². The van der Waals surface area contributed by atoms with E-state index in [1.807, 2.05) is 0 Å². The summed E-state index contributed by atoms with van der Waals surface area (Å²) in [5.74, 6) is -2.35. The SMILES string of the molecule is CCOC(=O)CCN(C)C(=O)N[C@@H](CCC(N)=O)C(=O)O. The Balaban J connectivity index is 4.30. The van der Waals surface area contributed by atoms with Crippen LogP contribution in [0.4, 0.5) is 4.79 Å². The van der Waals surface area contributed by atoms with Crippen molar-refractivity contribution in [2.45, 2.75) is 32.2 Å². The number of nitrogens with zero attached hydrogens (tertiary/aromatic N) is 1. The minimum Gasteiger partial charge on any atom is -0.480 e. The fraction of sp³-hybridized carbons (Fsp3) is 0.667. The normalized spacial score (nSPS) is 11.3. The zero-order valence-electron chi connectivity index (χ0n) is 12.1. The highest BCUT2D eigenvalue weighted by Gasteiger charge is 2.22. The van der Waals surface area contributed by atoms with Gasteiger partial charge in [-0.05, 0) is 13.3 Å². The number of ether oxygens (including phenoxy) is 1. The third kappa shape index (κ3) is 8.45. The molecule has 0 heterocycles. The molecule has 0 aliphatic rings. The Labute approximate surface area is 122 Å². The van der Waals surface area contributed by atoms with E-state index >= 15 is 0 Å². The van der Waals surface area contributed by atoms with Gasteiger partial charge in [0.15, 0.2) is 0 Å². The molecule has 0 aliphatic heterocycles. The first kappa shape index (κ1) is 18.7. The molecule has 0 saturated heterocycles. The van der Waals surface area contributed by atoms with Crippen molar-refractivity contribution in [3.8, 4) is 0 Å². The lowest BCUT2D eigenvalue weighted by Crippen LogP contribution is -2.47. The summed E-state index contributed by atoms with van der Waals surface area (Å²) in [5, 5.41) is 11.2. The maximum Gasteiger partial charge on any atom is 0.326 e. The van der Waals surface area contributed by atoms with E-state index in [-0.39, 0.29) is 32.4 Å². The van der Waals surface area contributed by atoms with Gasteiger partial charge in [-0.1, -0.05) is 0 Å². The van der Waals surface area contributed by atoms with Crippen LogP contribution < -0.4 is 11.1 Å². The number of hydrogen-bond acceptors (Lipinski definition) is 5. The molecule has 0 radical (unpaired) electrons. The molecule has 0 rings (SSSR count). The van der Waals surface area contributed by atoms with Gasteiger partial charge in [-0.3, -0.25) is 9.59 Å². The molecule has 0 unspecified atom stereocenters. The molecule has 0 aromatic heterocycles. The quantitative estimate of drug-likeness (QED) is 0.481. The van der Waals surface area contributed by atoms with Crippen molar-refractivity contribution >= 4 is 23.9 Å².